The van der Waals surface area contributed by atoms with Crippen molar-refractivity contribution >= 4 is 87.5 Å². The fourth-order valence-electron chi connectivity index (χ4n) is 14.7. The minimum atomic E-state index is -1.92. The quantitative estimate of drug-likeness (QED) is 0.00914. The number of hydrogen-bond donors (Lipinski definition) is 9. The number of allylic oxidation sites excluding steroid dienone is 3. The summed E-state index contributed by atoms with van der Waals surface area (Å²) in [4.78, 5) is 145. The Morgan fingerprint density at radius 3 is 2.28 bits per heavy atom. The molecule has 6 amide bonds. The normalized spacial score (nSPS) is 25.0. The lowest BCUT2D eigenvalue weighted by molar-refractivity contribution is -0.277. The fourth-order valence-corrected chi connectivity index (χ4v) is 15.0. The van der Waals surface area contributed by atoms with E-state index in [0.717, 1.165) is 27.9 Å². The summed E-state index contributed by atoms with van der Waals surface area (Å²) in [7, 11) is 9.55. The van der Waals surface area contributed by atoms with Crippen LogP contribution in [0.5, 0.6) is 5.75 Å². The Morgan fingerprint density at radius 1 is 0.867 bits per heavy atom. The Balaban J connectivity index is 0.796. The maximum Gasteiger partial charge on any atom is 0.409 e. The van der Waals surface area contributed by atoms with Crippen LogP contribution in [0, 0.1) is 24.7 Å². The summed E-state index contributed by atoms with van der Waals surface area (Å²) >= 11 is 6.88. The Kier molecular flexibility index (Phi) is 35.6. The SMILES string of the molecule is CNN(C)Cc1cc2cccnc2n1CCC(=O)N[C@@H](C)C(=O)CCCOCCOCCC(=O)C[C@H](C(=O)N[C@@H](C)C(=O)Cc1ccc(COC(=O)N(C)CCCC(=O)N(C)[C@@H](C)C(=O)O[C@H]2CC(=O)N(C)c3cc(cc(C)c3Cl)C/C(C)=C/C=C/[C@@H](OC)[C@]3(O)C[C@H](OC(=O)N3)[C@@H](C)C3O[C@]32C)cc1O[C@@H]1O[C@H](CO)[C@@H](O)[C@H](O)[C@H]1O)C(C)C. The predicted octanol–water partition coefficient (Wildman–Crippen LogP) is 5.17. The highest BCUT2D eigenvalue weighted by Crippen LogP contribution is 2.49. The van der Waals surface area contributed by atoms with Crippen LogP contribution in [0.2, 0.25) is 5.02 Å². The Hall–Kier alpha value is -8.88. The number of pyridine rings is 1. The van der Waals surface area contributed by atoms with Crippen molar-refractivity contribution in [3.63, 3.8) is 0 Å². The van der Waals surface area contributed by atoms with Crippen molar-refractivity contribution < 1.29 is 116 Å². The summed E-state index contributed by atoms with van der Waals surface area (Å²) in [6.07, 6.45) is -7.25. The minimum Gasteiger partial charge on any atom is -0.462 e. The monoisotopic (exact) mass is 1700 g/mol. The number of hydrogen-bond acceptors (Lipinski definition) is 27. The van der Waals surface area contributed by atoms with Crippen LogP contribution in [0.15, 0.2) is 78.5 Å². The van der Waals surface area contributed by atoms with Gasteiger partial charge in [0.15, 0.2) is 17.3 Å². The van der Waals surface area contributed by atoms with E-state index in [4.69, 9.17) is 54.2 Å². The van der Waals surface area contributed by atoms with Crippen molar-refractivity contribution in [2.45, 2.75) is 237 Å². The molecule has 4 aliphatic heterocycles. The average Bonchev–Trinajstić information content (AvgIpc) is 1.56. The van der Waals surface area contributed by atoms with Gasteiger partial charge in [-0.25, -0.2) is 24.4 Å². The zero-order valence-electron chi connectivity index (χ0n) is 71.3. The molecule has 0 aliphatic carbocycles. The van der Waals surface area contributed by atoms with Gasteiger partial charge < -0.3 is 98.1 Å². The van der Waals surface area contributed by atoms with Gasteiger partial charge in [-0.05, 0) is 121 Å². The van der Waals surface area contributed by atoms with Crippen LogP contribution in [-0.4, -0.2) is 276 Å². The van der Waals surface area contributed by atoms with Crippen LogP contribution >= 0.6 is 11.6 Å². The number of ketones is 3. The van der Waals surface area contributed by atoms with E-state index in [0.29, 0.717) is 47.8 Å². The number of benzene rings is 2. The third-order valence-electron chi connectivity index (χ3n) is 22.7. The van der Waals surface area contributed by atoms with E-state index in [9.17, 15) is 73.5 Å². The summed E-state index contributed by atoms with van der Waals surface area (Å²) < 4.78 is 54.7. The number of esters is 1. The lowest BCUT2D eigenvalue weighted by Crippen LogP contribution is -2.63. The first kappa shape index (κ1) is 96.6. The van der Waals surface area contributed by atoms with Crippen molar-refractivity contribution in [3.8, 4) is 5.75 Å². The number of likely N-dealkylation sites (N-methyl/N-ethyl adjacent to an activating group) is 1. The van der Waals surface area contributed by atoms with E-state index in [1.165, 1.54) is 68.0 Å². The zero-order valence-corrected chi connectivity index (χ0v) is 72.0. The van der Waals surface area contributed by atoms with E-state index in [1.54, 1.807) is 66.1 Å². The summed E-state index contributed by atoms with van der Waals surface area (Å²) in [5.74, 6) is -5.46. The summed E-state index contributed by atoms with van der Waals surface area (Å²) in [6.45, 7) is 15.8. The second-order valence-corrected chi connectivity index (χ2v) is 32.6. The van der Waals surface area contributed by atoms with Gasteiger partial charge in [-0.2, -0.15) is 0 Å². The maximum absolute atomic E-state index is 14.5. The van der Waals surface area contributed by atoms with Crippen molar-refractivity contribution in [2.24, 2.45) is 17.8 Å². The van der Waals surface area contributed by atoms with E-state index >= 15 is 0 Å². The first-order valence-electron chi connectivity index (χ1n) is 40.7. The highest BCUT2D eigenvalue weighted by molar-refractivity contribution is 6.34. The van der Waals surface area contributed by atoms with Crippen molar-refractivity contribution in [2.75, 3.05) is 86.8 Å². The zero-order chi connectivity index (χ0) is 88.2. The summed E-state index contributed by atoms with van der Waals surface area (Å²) in [5, 5.41) is 65.4. The van der Waals surface area contributed by atoms with Gasteiger partial charge in [0.25, 0.3) is 0 Å². The number of carbonyl (C=O) groups excluding carboxylic acids is 10. The molecule has 662 valence electrons. The number of hydrazine groups is 1. The molecule has 4 aromatic rings. The number of carbonyl (C=O) groups is 10. The van der Waals surface area contributed by atoms with Gasteiger partial charge in [-0.3, -0.25) is 44.3 Å². The molecule has 2 aromatic heterocycles. The number of aliphatic hydroxyl groups is 5. The maximum atomic E-state index is 14.5. The molecule has 4 bridgehead atoms. The highest BCUT2D eigenvalue weighted by atomic mass is 35.5. The van der Waals surface area contributed by atoms with Crippen molar-refractivity contribution in [1.29, 1.82) is 0 Å². The number of fused-ring (bicyclic) bond motifs is 6. The number of halogens is 1. The van der Waals surface area contributed by atoms with Crippen LogP contribution in [0.1, 0.15) is 141 Å². The van der Waals surface area contributed by atoms with Gasteiger partial charge in [-0.1, -0.05) is 74.4 Å². The number of aliphatic hydroxyl groups excluding tert-OH is 4. The topological polar surface area (TPSA) is 437 Å². The van der Waals surface area contributed by atoms with Crippen LogP contribution < -0.4 is 31.0 Å². The molecule has 2 aromatic carbocycles. The van der Waals surface area contributed by atoms with E-state index in [-0.39, 0.29) is 119 Å². The first-order chi connectivity index (χ1) is 56.8. The Bertz CT molecular complexity index is 4310. The van der Waals surface area contributed by atoms with Crippen LogP contribution in [-0.2, 0) is 109 Å². The number of Topliss-reactive ketones (excluding diaryl/α,β-unsaturated/α-hetero) is 3. The number of epoxide rings is 1. The number of rotatable bonds is 39. The molecule has 8 rings (SSSR count). The van der Waals surface area contributed by atoms with Crippen molar-refractivity contribution in [3.05, 3.63) is 111 Å². The number of amides is 6. The van der Waals surface area contributed by atoms with Gasteiger partial charge >= 0.3 is 18.2 Å². The van der Waals surface area contributed by atoms with Crippen LogP contribution in [0.4, 0.5) is 15.3 Å². The molecule has 9 N–H and O–H groups in total. The van der Waals surface area contributed by atoms with Gasteiger partial charge in [0.1, 0.15) is 78.2 Å². The standard InChI is InChI=1S/C85H121ClN10O24/c1-48(2)61(42-60(98)28-33-114-35-34-113-32-19-22-63(99)52(6)89-70(101)27-31-96-59(45-93(12)87-10)40-58-21-17-29-88-78(58)96)79(107)90-53(7)64(100)41-57-26-25-55(39-65(57)116-81-76(106)75(105)74(104)67(46-97)117-81)47-115-83(110)92(11)30-18-24-71(102)94(13)54(8)80(108)119-69-43-72(103)95(14)62-38-56(37-50(4)73(62)86)36-49(3)20-16-23-68(112-15)85(111)44-66(118-82(109)91-85)51(5)77-84(69,9)120-77/h16-17,20-21,23,25-26,29,37-40,48,51-54,61,66-69,74-77,81,87,97,104-106,111H,18-19,22,24,27-28,30-36,41-47H2,1-15H3,(H,89,101)(H,90,107)(H,91,109)/b23-16+,49-20+/t51-,52+,53+,54+,61+,66+,67-,68-,69+,74-,75+,76-,77?,81-,84+,85-/m1/s1. The molecule has 3 fully saturated rings. The summed E-state index contributed by atoms with van der Waals surface area (Å²) in [6, 6.07) is 11.0. The predicted molar refractivity (Wildman–Crippen MR) is 439 cm³/mol. The number of methoxy groups -OCH3 is 1. The summed E-state index contributed by atoms with van der Waals surface area (Å²) in [5.41, 5.74) is 4.92. The van der Waals surface area contributed by atoms with Crippen molar-refractivity contribution in [1.82, 2.24) is 45.7 Å². The third kappa shape index (κ3) is 25.9. The number of aryl methyl sites for hydroxylation is 2. The molecule has 0 spiro atoms. The number of aromatic nitrogens is 2. The molecule has 34 nitrogen and oxygen atoms in total. The number of nitrogens with one attached hydrogen (secondary N) is 4. The van der Waals surface area contributed by atoms with E-state index < -0.39 is 158 Å². The Morgan fingerprint density at radius 2 is 1.58 bits per heavy atom. The van der Waals surface area contributed by atoms with E-state index in [2.05, 4.69) is 26.4 Å². The molecule has 1 unspecified atom stereocenters. The molecular weight excluding hydrogens is 1580 g/mol. The van der Waals surface area contributed by atoms with Gasteiger partial charge in [0.2, 0.25) is 29.9 Å². The smallest absolute Gasteiger partial charge is 0.409 e. The minimum absolute atomic E-state index is 0.00206. The van der Waals surface area contributed by atoms with E-state index in [1.807, 2.05) is 67.9 Å². The lowest BCUT2D eigenvalue weighted by Gasteiger charge is -2.42. The van der Waals surface area contributed by atoms with Crippen LogP contribution in [0.3, 0.4) is 0 Å². The largest absolute Gasteiger partial charge is 0.462 e. The fraction of sp³-hybridized carbons (Fsp3) is 0.612. The third-order valence-corrected chi connectivity index (χ3v) is 23.1. The molecule has 0 saturated carbocycles. The molecule has 120 heavy (non-hydrogen) atoms. The number of anilines is 1. The second kappa shape index (κ2) is 44.3. The molecule has 0 radical (unpaired) electrons. The molecule has 4 aliphatic rings. The number of alkyl carbamates (subject to hydrolysis) is 1. The van der Waals surface area contributed by atoms with Gasteiger partial charge in [0, 0.05) is 135 Å². The second-order valence-electron chi connectivity index (χ2n) is 32.2. The first-order valence-corrected chi connectivity index (χ1v) is 41.1. The molecule has 16 atom stereocenters. The number of nitrogens with zero attached hydrogens (tertiary/aromatic N) is 6. The lowest BCUT2D eigenvalue weighted by atomic mass is 9.83. The van der Waals surface area contributed by atoms with Gasteiger partial charge in [-0.15, -0.1) is 0 Å². The Labute approximate surface area is 705 Å². The average molecular weight is 1700 g/mol. The molecule has 35 heteroatoms. The molecule has 6 heterocycles. The molecular formula is C85H121ClN10O24. The van der Waals surface area contributed by atoms with Gasteiger partial charge in [0.05, 0.1) is 68.3 Å². The highest BCUT2D eigenvalue weighted by Gasteiger charge is 2.65. The number of ether oxygens (including phenoxy) is 9. The van der Waals surface area contributed by atoms with Crippen LogP contribution in [0.25, 0.3) is 11.0 Å². The molecule has 3 saturated heterocycles.